The quantitative estimate of drug-likeness (QED) is 0.100. The predicted molar refractivity (Wildman–Crippen MR) is 170 cm³/mol. The summed E-state index contributed by atoms with van der Waals surface area (Å²) in [5.41, 5.74) is 0.305. The molecule has 5 rings (SSSR count). The Bertz CT molecular complexity index is 1880. The second-order valence-electron chi connectivity index (χ2n) is 9.82. The average molecular weight is 638 g/mol. The number of nitrogens with one attached hydrogen (secondary N) is 2. The van der Waals surface area contributed by atoms with Gasteiger partial charge in [-0.2, -0.15) is 0 Å². The highest BCUT2D eigenvalue weighted by Crippen LogP contribution is 2.35. The van der Waals surface area contributed by atoms with Crippen molar-refractivity contribution in [3.8, 4) is 0 Å². The van der Waals surface area contributed by atoms with E-state index in [-0.39, 0.29) is 40.3 Å². The second kappa shape index (κ2) is 13.7. The van der Waals surface area contributed by atoms with Crippen molar-refractivity contribution in [2.75, 3.05) is 10.2 Å². The third-order valence-corrected chi connectivity index (χ3v) is 7.97. The molecule has 13 nitrogen and oxygen atoms in total. The van der Waals surface area contributed by atoms with Crippen LogP contribution in [0, 0.1) is 20.2 Å². The number of rotatable bonds is 10. The number of anilines is 2. The van der Waals surface area contributed by atoms with Crippen LogP contribution in [0.2, 0.25) is 0 Å². The highest BCUT2D eigenvalue weighted by Gasteiger charge is 2.40. The smallest absolute Gasteiger partial charge is 0.276 e. The van der Waals surface area contributed by atoms with E-state index in [0.717, 1.165) is 16.7 Å². The molecule has 0 bridgehead atoms. The molecule has 1 atom stereocenters. The molecule has 0 saturated carbocycles. The van der Waals surface area contributed by atoms with Crippen molar-refractivity contribution in [1.82, 2.24) is 5.32 Å². The molecule has 1 fully saturated rings. The van der Waals surface area contributed by atoms with Crippen LogP contribution < -0.4 is 15.5 Å². The molecule has 0 spiro atoms. The fraction of sp³-hybridized carbons (Fsp3) is 0.0625. The Hall–Kier alpha value is -6.15. The van der Waals surface area contributed by atoms with Gasteiger partial charge in [0.05, 0.1) is 26.3 Å². The van der Waals surface area contributed by atoms with Gasteiger partial charge in [0.1, 0.15) is 5.70 Å². The Labute approximate surface area is 265 Å². The zero-order chi connectivity index (χ0) is 32.8. The first-order valence-corrected chi connectivity index (χ1v) is 14.5. The summed E-state index contributed by atoms with van der Waals surface area (Å²) in [5, 5.41) is 27.0. The maximum atomic E-state index is 13.3. The van der Waals surface area contributed by atoms with Crippen LogP contribution in [0.3, 0.4) is 0 Å². The van der Waals surface area contributed by atoms with Gasteiger partial charge in [-0.05, 0) is 60.7 Å². The van der Waals surface area contributed by atoms with Crippen molar-refractivity contribution in [1.29, 1.82) is 0 Å². The molecule has 1 unspecified atom stereocenters. The number of hydrogen-bond acceptors (Lipinski definition) is 9. The average Bonchev–Trinajstić information content (AvgIpc) is 3.33. The number of imide groups is 1. The lowest BCUT2D eigenvalue weighted by Gasteiger charge is -2.15. The lowest BCUT2D eigenvalue weighted by Crippen LogP contribution is -2.31. The Kier molecular flexibility index (Phi) is 9.28. The molecule has 1 heterocycles. The minimum absolute atomic E-state index is 0.0696. The summed E-state index contributed by atoms with van der Waals surface area (Å²) in [6.07, 6.45) is 1.15. The van der Waals surface area contributed by atoms with Crippen LogP contribution in [0.25, 0.3) is 6.08 Å². The van der Waals surface area contributed by atoms with E-state index in [1.807, 2.05) is 0 Å². The van der Waals surface area contributed by atoms with Crippen LogP contribution in [0.4, 0.5) is 22.7 Å². The van der Waals surface area contributed by atoms with Crippen LogP contribution in [0.5, 0.6) is 0 Å². The highest BCUT2D eigenvalue weighted by molar-refractivity contribution is 8.00. The Balaban J connectivity index is 1.30. The van der Waals surface area contributed by atoms with E-state index in [0.29, 0.717) is 10.6 Å². The van der Waals surface area contributed by atoms with Gasteiger partial charge in [0.15, 0.2) is 0 Å². The molecule has 46 heavy (non-hydrogen) atoms. The van der Waals surface area contributed by atoms with E-state index in [2.05, 4.69) is 10.6 Å². The van der Waals surface area contributed by atoms with Gasteiger partial charge in [0.25, 0.3) is 23.2 Å². The monoisotopic (exact) mass is 637 g/mol. The van der Waals surface area contributed by atoms with Gasteiger partial charge in [-0.25, -0.2) is 4.90 Å². The molecule has 4 aromatic carbocycles. The molecule has 2 N–H and O–H groups in total. The maximum absolute atomic E-state index is 13.3. The summed E-state index contributed by atoms with van der Waals surface area (Å²) >= 11 is 1.15. The first-order valence-electron chi connectivity index (χ1n) is 13.6. The molecule has 14 heteroatoms. The number of benzene rings is 4. The SMILES string of the molecule is O=C(Nc1ccc(SC2CC(=O)N(c3ccc([N+](=O)[O-])cc3)C2=O)cc1)/C(=C\c1ccccc1[N+](=O)[O-])NC(=O)c1ccccc1. The van der Waals surface area contributed by atoms with Crippen LogP contribution in [-0.4, -0.2) is 38.7 Å². The molecule has 0 radical (unpaired) electrons. The van der Waals surface area contributed by atoms with Crippen LogP contribution in [0.1, 0.15) is 22.3 Å². The number of thioether (sulfide) groups is 1. The van der Waals surface area contributed by atoms with Gasteiger partial charge < -0.3 is 10.6 Å². The summed E-state index contributed by atoms with van der Waals surface area (Å²) in [7, 11) is 0. The zero-order valence-electron chi connectivity index (χ0n) is 23.7. The number of nitrogens with zero attached hydrogens (tertiary/aromatic N) is 3. The van der Waals surface area contributed by atoms with Crippen molar-refractivity contribution in [2.45, 2.75) is 16.6 Å². The largest absolute Gasteiger partial charge is 0.321 e. The standard InChI is InChI=1S/C32H23N5O8S/c38-29-19-28(32(41)35(29)23-12-14-24(15-13-23)36(42)43)46-25-16-10-22(11-17-25)33-31(40)26(34-30(39)20-6-2-1-3-7-20)18-21-8-4-5-9-27(21)37(44)45/h1-18,28H,19H2,(H,33,40)(H,34,39)/b26-18+. The van der Waals surface area contributed by atoms with E-state index in [9.17, 15) is 39.4 Å². The van der Waals surface area contributed by atoms with Crippen molar-refractivity contribution in [3.05, 3.63) is 140 Å². The lowest BCUT2D eigenvalue weighted by atomic mass is 10.1. The fourth-order valence-corrected chi connectivity index (χ4v) is 5.60. The van der Waals surface area contributed by atoms with Gasteiger partial charge in [0.2, 0.25) is 11.8 Å². The first-order chi connectivity index (χ1) is 22.1. The third kappa shape index (κ3) is 7.14. The molecule has 0 aliphatic carbocycles. The third-order valence-electron chi connectivity index (χ3n) is 6.78. The van der Waals surface area contributed by atoms with E-state index in [1.54, 1.807) is 60.7 Å². The summed E-state index contributed by atoms with van der Waals surface area (Å²) in [6.45, 7) is 0. The normalized spacial score (nSPS) is 14.6. The highest BCUT2D eigenvalue weighted by atomic mass is 32.2. The predicted octanol–water partition coefficient (Wildman–Crippen LogP) is 5.34. The molecule has 4 amide bonds. The number of nitro groups is 2. The van der Waals surface area contributed by atoms with E-state index in [1.165, 1.54) is 48.5 Å². The fourth-order valence-electron chi connectivity index (χ4n) is 4.54. The number of amides is 4. The van der Waals surface area contributed by atoms with Crippen LogP contribution in [0.15, 0.2) is 114 Å². The number of para-hydroxylation sites is 1. The van der Waals surface area contributed by atoms with Gasteiger partial charge >= 0.3 is 0 Å². The van der Waals surface area contributed by atoms with Crippen LogP contribution >= 0.6 is 11.8 Å². The van der Waals surface area contributed by atoms with Gasteiger partial charge in [-0.15, -0.1) is 11.8 Å². The van der Waals surface area contributed by atoms with E-state index < -0.39 is 38.7 Å². The van der Waals surface area contributed by atoms with Crippen molar-refractivity contribution in [2.24, 2.45) is 0 Å². The number of hydrogen-bond donors (Lipinski definition) is 2. The van der Waals surface area contributed by atoms with E-state index in [4.69, 9.17) is 0 Å². The Morgan fingerprint density at radius 1 is 0.826 bits per heavy atom. The molecular formula is C32H23N5O8S. The summed E-state index contributed by atoms with van der Waals surface area (Å²) in [6, 6.07) is 25.5. The minimum atomic E-state index is -0.738. The van der Waals surface area contributed by atoms with Crippen molar-refractivity contribution < 1.29 is 29.0 Å². The Morgan fingerprint density at radius 2 is 1.48 bits per heavy atom. The van der Waals surface area contributed by atoms with Gasteiger partial charge in [-0.3, -0.25) is 39.4 Å². The molecule has 1 aliphatic heterocycles. The molecule has 1 saturated heterocycles. The number of non-ortho nitro benzene ring substituents is 1. The zero-order valence-corrected chi connectivity index (χ0v) is 24.5. The number of nitro benzene ring substituents is 2. The van der Waals surface area contributed by atoms with Gasteiger partial charge in [-0.1, -0.05) is 30.3 Å². The van der Waals surface area contributed by atoms with Crippen LogP contribution in [-0.2, 0) is 14.4 Å². The first kappa shape index (κ1) is 31.3. The number of carbonyl (C=O) groups excluding carboxylic acids is 4. The molecular weight excluding hydrogens is 614 g/mol. The topological polar surface area (TPSA) is 182 Å². The summed E-state index contributed by atoms with van der Waals surface area (Å²) < 4.78 is 0. The second-order valence-corrected chi connectivity index (χ2v) is 11.1. The molecule has 1 aliphatic rings. The van der Waals surface area contributed by atoms with Crippen molar-refractivity contribution in [3.63, 3.8) is 0 Å². The van der Waals surface area contributed by atoms with Gasteiger partial charge in [0, 0.05) is 40.8 Å². The van der Waals surface area contributed by atoms with Crippen molar-refractivity contribution >= 4 is 64.2 Å². The summed E-state index contributed by atoms with van der Waals surface area (Å²) in [5.74, 6) is -2.22. The number of carbonyl (C=O) groups is 4. The summed E-state index contributed by atoms with van der Waals surface area (Å²) in [4.78, 5) is 74.9. The lowest BCUT2D eigenvalue weighted by molar-refractivity contribution is -0.385. The molecule has 0 aromatic heterocycles. The van der Waals surface area contributed by atoms with E-state index >= 15 is 0 Å². The Morgan fingerprint density at radius 3 is 2.13 bits per heavy atom. The molecule has 4 aromatic rings. The molecule has 230 valence electrons. The minimum Gasteiger partial charge on any atom is -0.321 e. The maximum Gasteiger partial charge on any atom is 0.276 e.